The predicted octanol–water partition coefficient (Wildman–Crippen LogP) is 1.12. The molecule has 21 heavy (non-hydrogen) atoms. The number of carbonyl (C=O) groups excluding carboxylic acids is 1. The number of nitrogens with two attached hydrogens (primary N) is 1. The lowest BCUT2D eigenvalue weighted by Gasteiger charge is -2.40. The normalized spacial score (nSPS) is 26.5. The molecule has 1 saturated heterocycles. The second kappa shape index (κ2) is 7.56. The highest BCUT2D eigenvalue weighted by atomic mass is 16.5. The molecular weight excluding hydrogens is 266 g/mol. The molecule has 0 aromatic carbocycles. The van der Waals surface area contributed by atoms with Gasteiger partial charge < -0.3 is 15.8 Å². The predicted molar refractivity (Wildman–Crippen MR) is 84.0 cm³/mol. The Kier molecular flexibility index (Phi) is 6.02. The molecule has 1 saturated carbocycles. The molecule has 0 radical (unpaired) electrons. The van der Waals surface area contributed by atoms with E-state index in [1.54, 1.807) is 0 Å². The summed E-state index contributed by atoms with van der Waals surface area (Å²) in [5, 5.41) is 3.48. The Morgan fingerprint density at radius 3 is 2.71 bits per heavy atom. The van der Waals surface area contributed by atoms with Gasteiger partial charge in [-0.25, -0.2) is 0 Å². The number of nitrogens with zero attached hydrogens (tertiary/aromatic N) is 1. The molecule has 0 spiro atoms. The van der Waals surface area contributed by atoms with Crippen LogP contribution in [-0.2, 0) is 9.53 Å². The number of rotatable bonds is 9. The first-order valence-electron chi connectivity index (χ1n) is 8.51. The summed E-state index contributed by atoms with van der Waals surface area (Å²) in [6.07, 6.45) is 5.81. The molecule has 122 valence electrons. The van der Waals surface area contributed by atoms with E-state index in [4.69, 9.17) is 10.5 Å². The summed E-state index contributed by atoms with van der Waals surface area (Å²) >= 11 is 0. The molecule has 3 N–H and O–H groups in total. The Labute approximate surface area is 128 Å². The monoisotopic (exact) mass is 297 g/mol. The maximum atomic E-state index is 12.2. The fraction of sp³-hybridized carbons (Fsp3) is 0.938. The van der Waals surface area contributed by atoms with Crippen molar-refractivity contribution in [3.8, 4) is 0 Å². The largest absolute Gasteiger partial charge is 0.377 e. The summed E-state index contributed by atoms with van der Waals surface area (Å²) in [6.45, 7) is 8.47. The molecule has 2 fully saturated rings. The molecule has 0 aromatic rings. The van der Waals surface area contributed by atoms with Crippen LogP contribution in [0.15, 0.2) is 0 Å². The summed E-state index contributed by atoms with van der Waals surface area (Å²) in [6, 6.07) is 0. The van der Waals surface area contributed by atoms with Crippen molar-refractivity contribution in [3.63, 3.8) is 0 Å². The molecule has 0 aromatic heterocycles. The summed E-state index contributed by atoms with van der Waals surface area (Å²) in [7, 11) is 0. The van der Waals surface area contributed by atoms with Crippen LogP contribution in [0, 0.1) is 5.92 Å². The SMILES string of the molecule is CCCNC(CN1CCCC(OCC)C1)(C(N)=O)C1CC1. The van der Waals surface area contributed by atoms with Crippen LogP contribution in [0.3, 0.4) is 0 Å². The van der Waals surface area contributed by atoms with Crippen molar-refractivity contribution in [1.82, 2.24) is 10.2 Å². The highest BCUT2D eigenvalue weighted by Gasteiger charge is 2.50. The molecule has 1 aliphatic heterocycles. The zero-order chi connectivity index (χ0) is 15.3. The van der Waals surface area contributed by atoms with Crippen molar-refractivity contribution >= 4 is 5.91 Å². The summed E-state index contributed by atoms with van der Waals surface area (Å²) in [4.78, 5) is 14.6. The van der Waals surface area contributed by atoms with E-state index in [9.17, 15) is 4.79 Å². The number of hydrogen-bond acceptors (Lipinski definition) is 4. The Balaban J connectivity index is 2.01. The van der Waals surface area contributed by atoms with Gasteiger partial charge in [-0.05, 0) is 58.0 Å². The third kappa shape index (κ3) is 4.18. The molecule has 2 rings (SSSR count). The summed E-state index contributed by atoms with van der Waals surface area (Å²) in [5.74, 6) is 0.228. The van der Waals surface area contributed by atoms with Gasteiger partial charge in [0.05, 0.1) is 6.10 Å². The Morgan fingerprint density at radius 1 is 1.38 bits per heavy atom. The van der Waals surface area contributed by atoms with Crippen molar-refractivity contribution in [2.24, 2.45) is 11.7 Å². The standard InChI is InChI=1S/C16H31N3O2/c1-3-9-18-16(15(17)20,13-7-8-13)12-19-10-5-6-14(11-19)21-4-2/h13-14,18H,3-12H2,1-2H3,(H2,17,20). The first-order valence-corrected chi connectivity index (χ1v) is 8.51. The van der Waals surface area contributed by atoms with E-state index in [1.807, 2.05) is 6.92 Å². The van der Waals surface area contributed by atoms with E-state index in [-0.39, 0.29) is 5.91 Å². The molecule has 1 aliphatic carbocycles. The second-order valence-corrected chi connectivity index (χ2v) is 6.49. The minimum Gasteiger partial charge on any atom is -0.377 e. The van der Waals surface area contributed by atoms with E-state index in [2.05, 4.69) is 17.1 Å². The number of nitrogens with one attached hydrogen (secondary N) is 1. The van der Waals surface area contributed by atoms with Crippen molar-refractivity contribution in [2.45, 2.75) is 57.6 Å². The summed E-state index contributed by atoms with van der Waals surface area (Å²) in [5.41, 5.74) is 5.27. The molecule has 2 unspecified atom stereocenters. The highest BCUT2D eigenvalue weighted by molar-refractivity contribution is 5.86. The lowest BCUT2D eigenvalue weighted by molar-refractivity contribution is -0.127. The molecule has 5 nitrogen and oxygen atoms in total. The van der Waals surface area contributed by atoms with Crippen molar-refractivity contribution in [1.29, 1.82) is 0 Å². The zero-order valence-corrected chi connectivity index (χ0v) is 13.6. The Hall–Kier alpha value is -0.650. The maximum absolute atomic E-state index is 12.2. The van der Waals surface area contributed by atoms with Gasteiger partial charge in [0.2, 0.25) is 5.91 Å². The minimum atomic E-state index is -0.538. The number of carbonyl (C=O) groups is 1. The zero-order valence-electron chi connectivity index (χ0n) is 13.6. The number of ether oxygens (including phenoxy) is 1. The van der Waals surface area contributed by atoms with Gasteiger partial charge in [0.1, 0.15) is 5.54 Å². The van der Waals surface area contributed by atoms with Crippen LogP contribution < -0.4 is 11.1 Å². The van der Waals surface area contributed by atoms with E-state index < -0.39 is 5.54 Å². The lowest BCUT2D eigenvalue weighted by Crippen LogP contribution is -2.64. The van der Waals surface area contributed by atoms with E-state index in [1.165, 1.54) is 0 Å². The minimum absolute atomic E-state index is 0.183. The molecule has 1 amide bonds. The molecule has 2 atom stereocenters. The van der Waals surface area contributed by atoms with Crippen molar-refractivity contribution in [3.05, 3.63) is 0 Å². The van der Waals surface area contributed by atoms with Gasteiger partial charge in [0.25, 0.3) is 0 Å². The van der Waals surface area contributed by atoms with E-state index >= 15 is 0 Å². The maximum Gasteiger partial charge on any atom is 0.239 e. The average Bonchev–Trinajstić information content (AvgIpc) is 3.29. The van der Waals surface area contributed by atoms with Gasteiger partial charge in [-0.2, -0.15) is 0 Å². The van der Waals surface area contributed by atoms with Crippen LogP contribution in [0.2, 0.25) is 0 Å². The number of piperidine rings is 1. The van der Waals surface area contributed by atoms with Crippen molar-refractivity contribution in [2.75, 3.05) is 32.8 Å². The van der Waals surface area contributed by atoms with E-state index in [0.717, 1.165) is 64.9 Å². The molecular formula is C16H31N3O2. The fourth-order valence-electron chi connectivity index (χ4n) is 3.50. The smallest absolute Gasteiger partial charge is 0.239 e. The molecule has 5 heteroatoms. The fourth-order valence-corrected chi connectivity index (χ4v) is 3.50. The topological polar surface area (TPSA) is 67.6 Å². The van der Waals surface area contributed by atoms with Crippen LogP contribution in [0.5, 0.6) is 0 Å². The Bertz CT molecular complexity index is 344. The number of amides is 1. The third-order valence-corrected chi connectivity index (χ3v) is 4.74. The van der Waals surface area contributed by atoms with Crippen LogP contribution in [0.25, 0.3) is 0 Å². The molecule has 0 bridgehead atoms. The van der Waals surface area contributed by atoms with Crippen LogP contribution >= 0.6 is 0 Å². The Morgan fingerprint density at radius 2 is 2.14 bits per heavy atom. The summed E-state index contributed by atoms with van der Waals surface area (Å²) < 4.78 is 5.77. The van der Waals surface area contributed by atoms with E-state index in [0.29, 0.717) is 12.0 Å². The van der Waals surface area contributed by atoms with Crippen LogP contribution in [0.4, 0.5) is 0 Å². The third-order valence-electron chi connectivity index (χ3n) is 4.74. The molecule has 1 heterocycles. The van der Waals surface area contributed by atoms with Gasteiger partial charge in [-0.15, -0.1) is 0 Å². The van der Waals surface area contributed by atoms with Gasteiger partial charge >= 0.3 is 0 Å². The molecule has 2 aliphatic rings. The number of likely N-dealkylation sites (tertiary alicyclic amines) is 1. The van der Waals surface area contributed by atoms with Crippen LogP contribution in [-0.4, -0.2) is 55.2 Å². The van der Waals surface area contributed by atoms with Crippen LogP contribution in [0.1, 0.15) is 46.0 Å². The van der Waals surface area contributed by atoms with Gasteiger partial charge in [0.15, 0.2) is 0 Å². The van der Waals surface area contributed by atoms with Gasteiger partial charge in [0, 0.05) is 19.7 Å². The van der Waals surface area contributed by atoms with Crippen molar-refractivity contribution < 1.29 is 9.53 Å². The number of primary amides is 1. The highest BCUT2D eigenvalue weighted by Crippen LogP contribution is 2.40. The quantitative estimate of drug-likeness (QED) is 0.669. The number of hydrogen-bond donors (Lipinski definition) is 2. The van der Waals surface area contributed by atoms with Gasteiger partial charge in [-0.1, -0.05) is 6.92 Å². The first kappa shape index (κ1) is 16.7. The average molecular weight is 297 g/mol. The van der Waals surface area contributed by atoms with Gasteiger partial charge in [-0.3, -0.25) is 9.69 Å². The second-order valence-electron chi connectivity index (χ2n) is 6.49. The first-order chi connectivity index (χ1) is 10.1. The lowest BCUT2D eigenvalue weighted by atomic mass is 9.90.